The minimum Gasteiger partial charge on any atom is -0.383 e. The van der Waals surface area contributed by atoms with Gasteiger partial charge in [-0.25, -0.2) is 9.97 Å². The Balaban J connectivity index is 1.49. The third-order valence-corrected chi connectivity index (χ3v) is 5.80. The van der Waals surface area contributed by atoms with E-state index in [9.17, 15) is 4.79 Å². The molecule has 5 rings (SSSR count). The third kappa shape index (κ3) is 3.16. The molecule has 140 valence electrons. The standard InChI is InChI=1S/C23H22N4O/c24-22-21-18(13-27(19-5-2-6-19)23(21)26-14-25-22)10-9-15-3-1-4-17(11-15)20(28)12-16-7-8-16/h1,3-4,11,13-14,16,19H,2,5-8,12H2,(H2,24,25,26). The van der Waals surface area contributed by atoms with Gasteiger partial charge in [0.15, 0.2) is 5.78 Å². The predicted molar refractivity (Wildman–Crippen MR) is 109 cm³/mol. The molecule has 0 saturated heterocycles. The van der Waals surface area contributed by atoms with Crippen LogP contribution in [-0.2, 0) is 0 Å². The van der Waals surface area contributed by atoms with Gasteiger partial charge in [0.05, 0.1) is 10.9 Å². The van der Waals surface area contributed by atoms with E-state index < -0.39 is 0 Å². The average Bonchev–Trinajstić information content (AvgIpc) is 3.40. The zero-order valence-electron chi connectivity index (χ0n) is 15.7. The summed E-state index contributed by atoms with van der Waals surface area (Å²) in [6.07, 6.45) is 10.1. The molecule has 2 aliphatic carbocycles. The van der Waals surface area contributed by atoms with Crippen LogP contribution in [0.4, 0.5) is 5.82 Å². The fraction of sp³-hybridized carbons (Fsp3) is 0.348. The van der Waals surface area contributed by atoms with E-state index in [1.54, 1.807) is 0 Å². The van der Waals surface area contributed by atoms with Gasteiger partial charge < -0.3 is 10.3 Å². The van der Waals surface area contributed by atoms with Crippen LogP contribution in [-0.4, -0.2) is 20.3 Å². The first kappa shape index (κ1) is 17.0. The predicted octanol–water partition coefficient (Wildman–Crippen LogP) is 4.12. The molecule has 5 heteroatoms. The number of nitrogen functional groups attached to an aromatic ring is 1. The van der Waals surface area contributed by atoms with E-state index in [0.717, 1.165) is 40.6 Å². The van der Waals surface area contributed by atoms with Crippen LogP contribution in [0.15, 0.2) is 36.8 Å². The number of carbonyl (C=O) groups excluding carboxylic acids is 1. The van der Waals surface area contributed by atoms with Crippen LogP contribution in [0.25, 0.3) is 11.0 Å². The second-order valence-electron chi connectivity index (χ2n) is 7.89. The Hall–Kier alpha value is -3.13. The van der Waals surface area contributed by atoms with Crippen molar-refractivity contribution in [2.24, 2.45) is 5.92 Å². The normalized spacial score (nSPS) is 16.4. The van der Waals surface area contributed by atoms with Gasteiger partial charge in [0.25, 0.3) is 0 Å². The molecule has 2 aliphatic rings. The number of anilines is 1. The van der Waals surface area contributed by atoms with Crippen molar-refractivity contribution in [3.63, 3.8) is 0 Å². The number of benzene rings is 1. The third-order valence-electron chi connectivity index (χ3n) is 5.80. The van der Waals surface area contributed by atoms with Crippen molar-refractivity contribution in [2.75, 3.05) is 5.73 Å². The maximum Gasteiger partial charge on any atom is 0.163 e. The lowest BCUT2D eigenvalue weighted by Gasteiger charge is -2.27. The zero-order valence-corrected chi connectivity index (χ0v) is 15.7. The molecule has 2 aromatic heterocycles. The van der Waals surface area contributed by atoms with Crippen molar-refractivity contribution in [1.29, 1.82) is 0 Å². The average molecular weight is 370 g/mol. The first-order chi connectivity index (χ1) is 13.7. The lowest BCUT2D eigenvalue weighted by molar-refractivity contribution is 0.0976. The van der Waals surface area contributed by atoms with Crippen molar-refractivity contribution in [2.45, 2.75) is 44.6 Å². The molecule has 2 N–H and O–H groups in total. The Morgan fingerprint density at radius 3 is 2.79 bits per heavy atom. The molecule has 0 aliphatic heterocycles. The summed E-state index contributed by atoms with van der Waals surface area (Å²) in [5.41, 5.74) is 9.42. The van der Waals surface area contributed by atoms with Gasteiger partial charge in [-0.2, -0.15) is 0 Å². The molecule has 5 nitrogen and oxygen atoms in total. The Morgan fingerprint density at radius 1 is 1.18 bits per heavy atom. The molecule has 0 radical (unpaired) electrons. The maximum atomic E-state index is 12.4. The quantitative estimate of drug-likeness (QED) is 0.554. The summed E-state index contributed by atoms with van der Waals surface area (Å²) in [5, 5.41) is 0.822. The van der Waals surface area contributed by atoms with E-state index >= 15 is 0 Å². The van der Waals surface area contributed by atoms with Gasteiger partial charge in [0, 0.05) is 29.8 Å². The maximum absolute atomic E-state index is 12.4. The molecular formula is C23H22N4O. The number of nitrogens with two attached hydrogens (primary N) is 1. The number of carbonyl (C=O) groups is 1. The number of rotatable bonds is 4. The lowest BCUT2D eigenvalue weighted by Crippen LogP contribution is -2.16. The summed E-state index contributed by atoms with van der Waals surface area (Å²) in [5.74, 6) is 7.71. The second-order valence-corrected chi connectivity index (χ2v) is 7.89. The van der Waals surface area contributed by atoms with Crippen molar-refractivity contribution in [3.05, 3.63) is 53.5 Å². The van der Waals surface area contributed by atoms with Crippen molar-refractivity contribution < 1.29 is 4.79 Å². The van der Waals surface area contributed by atoms with Crippen LogP contribution < -0.4 is 5.73 Å². The van der Waals surface area contributed by atoms with Crippen molar-refractivity contribution >= 4 is 22.6 Å². The lowest BCUT2D eigenvalue weighted by atomic mass is 9.93. The van der Waals surface area contributed by atoms with Gasteiger partial charge >= 0.3 is 0 Å². The van der Waals surface area contributed by atoms with Crippen LogP contribution in [0.2, 0.25) is 0 Å². The number of fused-ring (bicyclic) bond motifs is 1. The Morgan fingerprint density at radius 2 is 2.04 bits per heavy atom. The highest BCUT2D eigenvalue weighted by Crippen LogP contribution is 2.36. The molecule has 3 aromatic rings. The molecule has 0 bridgehead atoms. The van der Waals surface area contributed by atoms with Gasteiger partial charge in [-0.15, -0.1) is 0 Å². The molecule has 2 saturated carbocycles. The van der Waals surface area contributed by atoms with Crippen LogP contribution in [0, 0.1) is 17.8 Å². The Labute approximate surface area is 164 Å². The van der Waals surface area contributed by atoms with E-state index in [1.807, 2.05) is 24.3 Å². The van der Waals surface area contributed by atoms with E-state index in [-0.39, 0.29) is 5.78 Å². The summed E-state index contributed by atoms with van der Waals surface area (Å²) in [7, 11) is 0. The first-order valence-electron chi connectivity index (χ1n) is 9.95. The molecule has 0 spiro atoms. The SMILES string of the molecule is Nc1ncnc2c1c(C#Cc1cccc(C(=O)CC3CC3)c1)cn2C1CCC1. The fourth-order valence-electron chi connectivity index (χ4n) is 3.76. The minimum absolute atomic E-state index is 0.213. The molecular weight excluding hydrogens is 348 g/mol. The van der Waals surface area contributed by atoms with Crippen LogP contribution in [0.3, 0.4) is 0 Å². The number of hydrogen-bond acceptors (Lipinski definition) is 4. The second kappa shape index (κ2) is 6.79. The summed E-state index contributed by atoms with van der Waals surface area (Å²) in [6, 6.07) is 8.08. The monoisotopic (exact) mass is 370 g/mol. The number of ketones is 1. The van der Waals surface area contributed by atoms with Gasteiger partial charge in [0.1, 0.15) is 17.8 Å². The molecule has 1 aromatic carbocycles. The Bertz CT molecular complexity index is 1130. The van der Waals surface area contributed by atoms with E-state index in [2.05, 4.69) is 32.6 Å². The Kier molecular flexibility index (Phi) is 4.12. The first-order valence-corrected chi connectivity index (χ1v) is 9.95. The number of nitrogens with zero attached hydrogens (tertiary/aromatic N) is 3. The summed E-state index contributed by atoms with van der Waals surface area (Å²) in [4.78, 5) is 21.0. The van der Waals surface area contributed by atoms with Crippen LogP contribution in [0.5, 0.6) is 0 Å². The van der Waals surface area contributed by atoms with E-state index in [1.165, 1.54) is 25.6 Å². The van der Waals surface area contributed by atoms with Crippen LogP contribution >= 0.6 is 0 Å². The highest BCUT2D eigenvalue weighted by molar-refractivity contribution is 5.97. The summed E-state index contributed by atoms with van der Waals surface area (Å²) >= 11 is 0. The minimum atomic E-state index is 0.213. The zero-order chi connectivity index (χ0) is 19.1. The van der Waals surface area contributed by atoms with E-state index in [4.69, 9.17) is 5.73 Å². The molecule has 0 unspecified atom stereocenters. The molecule has 2 fully saturated rings. The largest absolute Gasteiger partial charge is 0.383 e. The highest BCUT2D eigenvalue weighted by Gasteiger charge is 2.25. The fourth-order valence-corrected chi connectivity index (χ4v) is 3.76. The highest BCUT2D eigenvalue weighted by atomic mass is 16.1. The van der Waals surface area contributed by atoms with Crippen LogP contribution in [0.1, 0.15) is 66.1 Å². The van der Waals surface area contributed by atoms with Crippen molar-refractivity contribution in [1.82, 2.24) is 14.5 Å². The number of aromatic nitrogens is 3. The van der Waals surface area contributed by atoms with Gasteiger partial charge in [0.2, 0.25) is 0 Å². The van der Waals surface area contributed by atoms with Gasteiger partial charge in [-0.05, 0) is 50.2 Å². The number of hydrogen-bond donors (Lipinski definition) is 1. The number of Topliss-reactive ketones (excluding diaryl/α,β-unsaturated/α-hetero) is 1. The molecule has 28 heavy (non-hydrogen) atoms. The molecule has 0 atom stereocenters. The summed E-state index contributed by atoms with van der Waals surface area (Å²) < 4.78 is 2.19. The van der Waals surface area contributed by atoms with Gasteiger partial charge in [-0.3, -0.25) is 4.79 Å². The molecule has 0 amide bonds. The smallest absolute Gasteiger partial charge is 0.163 e. The van der Waals surface area contributed by atoms with E-state index in [0.29, 0.717) is 24.2 Å². The molecule has 2 heterocycles. The topological polar surface area (TPSA) is 73.8 Å². The summed E-state index contributed by atoms with van der Waals surface area (Å²) in [6.45, 7) is 0. The van der Waals surface area contributed by atoms with Crippen molar-refractivity contribution in [3.8, 4) is 11.8 Å². The van der Waals surface area contributed by atoms with Gasteiger partial charge in [-0.1, -0.05) is 24.0 Å².